The van der Waals surface area contributed by atoms with Crippen LogP contribution in [0.25, 0.3) is 98.8 Å². The molecule has 0 saturated carbocycles. The van der Waals surface area contributed by atoms with Gasteiger partial charge in [-0.1, -0.05) is 170 Å². The zero-order valence-corrected chi connectivity index (χ0v) is 30.6. The Bertz CT molecular complexity index is 2950. The predicted molar refractivity (Wildman–Crippen MR) is 231 cm³/mol. The van der Waals surface area contributed by atoms with Gasteiger partial charge >= 0.3 is 0 Å². The zero-order chi connectivity index (χ0) is 36.6. The number of benzene rings is 8. The minimum absolute atomic E-state index is 0.640. The largest absolute Gasteiger partial charge is 0.208 e. The summed E-state index contributed by atoms with van der Waals surface area (Å²) >= 11 is 1.80. The summed E-state index contributed by atoms with van der Waals surface area (Å²) in [6, 6.07) is 70.5. The summed E-state index contributed by atoms with van der Waals surface area (Å²) in [5.74, 6) is 1.94. The van der Waals surface area contributed by atoms with Gasteiger partial charge in [-0.3, -0.25) is 0 Å². The number of rotatable bonds is 7. The van der Waals surface area contributed by atoms with E-state index in [1.807, 2.05) is 24.3 Å². The number of nitrogens with zero attached hydrogens (tertiary/aromatic N) is 3. The van der Waals surface area contributed by atoms with Crippen molar-refractivity contribution in [3.63, 3.8) is 0 Å². The van der Waals surface area contributed by atoms with E-state index in [0.717, 1.165) is 33.2 Å². The lowest BCUT2D eigenvalue weighted by molar-refractivity contribution is 1.08. The van der Waals surface area contributed by atoms with Gasteiger partial charge in [0.05, 0.1) is 0 Å². The van der Waals surface area contributed by atoms with Crippen molar-refractivity contribution in [3.05, 3.63) is 200 Å². The topological polar surface area (TPSA) is 38.7 Å². The maximum absolute atomic E-state index is 5.23. The third-order valence-electron chi connectivity index (χ3n) is 10.2. The van der Waals surface area contributed by atoms with Gasteiger partial charge in [-0.15, -0.1) is 11.3 Å². The first-order chi connectivity index (χ1) is 27.2. The quantitative estimate of drug-likeness (QED) is 0.165. The Balaban J connectivity index is 1.09. The van der Waals surface area contributed by atoms with Gasteiger partial charge in [0.2, 0.25) is 0 Å². The molecule has 258 valence electrons. The molecular formula is C51H33N3S. The molecule has 2 heterocycles. The molecule has 10 rings (SSSR count). The number of hydrogen-bond donors (Lipinski definition) is 0. The Labute approximate surface area is 323 Å². The van der Waals surface area contributed by atoms with Crippen LogP contribution in [0, 0.1) is 0 Å². The van der Waals surface area contributed by atoms with Gasteiger partial charge < -0.3 is 0 Å². The molecule has 0 N–H and O–H groups in total. The Morgan fingerprint density at radius 1 is 0.273 bits per heavy atom. The summed E-state index contributed by atoms with van der Waals surface area (Å²) in [5, 5.41) is 2.36. The second-order valence-electron chi connectivity index (χ2n) is 13.6. The van der Waals surface area contributed by atoms with Crippen LogP contribution >= 0.6 is 11.3 Å². The molecule has 0 unspecified atom stereocenters. The summed E-state index contributed by atoms with van der Waals surface area (Å²) in [5.41, 5.74) is 12.3. The van der Waals surface area contributed by atoms with E-state index in [4.69, 9.17) is 15.0 Å². The average Bonchev–Trinajstić information content (AvgIpc) is 3.66. The molecule has 0 amide bonds. The molecule has 3 nitrogen and oxygen atoms in total. The molecule has 0 radical (unpaired) electrons. The molecule has 55 heavy (non-hydrogen) atoms. The third kappa shape index (κ3) is 6.39. The van der Waals surface area contributed by atoms with Gasteiger partial charge in [0.15, 0.2) is 17.5 Å². The van der Waals surface area contributed by atoms with Gasteiger partial charge in [-0.25, -0.2) is 15.0 Å². The first-order valence-corrected chi connectivity index (χ1v) is 19.2. The Morgan fingerprint density at radius 2 is 0.691 bits per heavy atom. The van der Waals surface area contributed by atoms with Crippen LogP contribution in [0.2, 0.25) is 0 Å². The van der Waals surface area contributed by atoms with E-state index in [-0.39, 0.29) is 0 Å². The zero-order valence-electron chi connectivity index (χ0n) is 29.8. The van der Waals surface area contributed by atoms with Crippen molar-refractivity contribution in [1.82, 2.24) is 15.0 Å². The van der Waals surface area contributed by atoms with E-state index in [1.54, 1.807) is 11.3 Å². The fraction of sp³-hybridized carbons (Fsp3) is 0. The molecule has 0 fully saturated rings. The van der Waals surface area contributed by atoms with Crippen molar-refractivity contribution in [1.29, 1.82) is 0 Å². The summed E-state index contributed by atoms with van der Waals surface area (Å²) in [6.45, 7) is 0. The molecule has 0 saturated heterocycles. The molecule has 0 aliphatic heterocycles. The second-order valence-corrected chi connectivity index (χ2v) is 14.7. The van der Waals surface area contributed by atoms with Gasteiger partial charge in [0.25, 0.3) is 0 Å². The van der Waals surface area contributed by atoms with Crippen LogP contribution in [0.1, 0.15) is 0 Å². The molecule has 0 aliphatic carbocycles. The van der Waals surface area contributed by atoms with Crippen LogP contribution in [0.4, 0.5) is 0 Å². The van der Waals surface area contributed by atoms with Crippen molar-refractivity contribution in [2.24, 2.45) is 0 Å². The van der Waals surface area contributed by atoms with E-state index < -0.39 is 0 Å². The molecule has 8 aromatic carbocycles. The van der Waals surface area contributed by atoms with Crippen molar-refractivity contribution in [2.45, 2.75) is 0 Å². The Kier molecular flexibility index (Phi) is 8.36. The van der Waals surface area contributed by atoms with E-state index in [0.29, 0.717) is 17.5 Å². The molecule has 0 spiro atoms. The van der Waals surface area contributed by atoms with Crippen molar-refractivity contribution in [2.75, 3.05) is 0 Å². The number of fused-ring (bicyclic) bond motifs is 3. The molecular weight excluding hydrogens is 687 g/mol. The first kappa shape index (κ1) is 32.6. The normalized spacial score (nSPS) is 11.3. The summed E-state index contributed by atoms with van der Waals surface area (Å²) in [7, 11) is 0. The Morgan fingerprint density at radius 3 is 1.35 bits per heavy atom. The Hall–Kier alpha value is -7.01. The van der Waals surface area contributed by atoms with Crippen LogP contribution in [0.3, 0.4) is 0 Å². The number of aromatic nitrogens is 3. The summed E-state index contributed by atoms with van der Waals surface area (Å²) < 4.78 is 2.43. The molecule has 0 bridgehead atoms. The van der Waals surface area contributed by atoms with E-state index >= 15 is 0 Å². The van der Waals surface area contributed by atoms with E-state index in [2.05, 4.69) is 176 Å². The highest BCUT2D eigenvalue weighted by Gasteiger charge is 2.18. The number of hydrogen-bond acceptors (Lipinski definition) is 4. The third-order valence-corrected chi connectivity index (χ3v) is 11.3. The molecule has 0 aliphatic rings. The summed E-state index contributed by atoms with van der Waals surface area (Å²) in [6.07, 6.45) is 0. The monoisotopic (exact) mass is 719 g/mol. The van der Waals surface area contributed by atoms with Gasteiger partial charge in [-0.2, -0.15) is 0 Å². The first-order valence-electron chi connectivity index (χ1n) is 18.4. The lowest BCUT2D eigenvalue weighted by atomic mass is 9.97. The predicted octanol–water partition coefficient (Wildman–Crippen LogP) is 13.9. The number of thiophene rings is 1. The van der Waals surface area contributed by atoms with E-state index in [9.17, 15) is 0 Å². The van der Waals surface area contributed by atoms with Crippen molar-refractivity contribution >= 4 is 31.5 Å². The summed E-state index contributed by atoms with van der Waals surface area (Å²) in [4.78, 5) is 15.5. The van der Waals surface area contributed by atoms with Gasteiger partial charge in [0.1, 0.15) is 0 Å². The van der Waals surface area contributed by atoms with Gasteiger partial charge in [-0.05, 0) is 74.8 Å². The van der Waals surface area contributed by atoms with Crippen LogP contribution < -0.4 is 0 Å². The highest BCUT2D eigenvalue weighted by atomic mass is 32.1. The molecule has 10 aromatic rings. The maximum Gasteiger partial charge on any atom is 0.164 e. The lowest BCUT2D eigenvalue weighted by Crippen LogP contribution is -2.00. The van der Waals surface area contributed by atoms with Crippen LogP contribution in [0.15, 0.2) is 200 Å². The van der Waals surface area contributed by atoms with Crippen LogP contribution in [0.5, 0.6) is 0 Å². The maximum atomic E-state index is 5.23. The highest BCUT2D eigenvalue weighted by molar-refractivity contribution is 7.26. The SMILES string of the molecule is c1ccc(-c2ccc(-c3cccc(-c4nc(-c5ccccc5)nc(-c5cccc6sc7ccc(-c8cccc(-c9ccccc9)c8)cc7c56)n4)c3)cc2)cc1. The average molecular weight is 720 g/mol. The molecule has 4 heteroatoms. The second kappa shape index (κ2) is 14.1. The minimum atomic E-state index is 0.640. The van der Waals surface area contributed by atoms with Gasteiger partial charge in [0, 0.05) is 36.9 Å². The standard InChI is InChI=1S/C51H33N3S/c1-4-13-34(14-5-1)36-25-27-37(28-26-36)40-20-11-22-43(32-40)50-52-49(38-17-8-3-9-18-38)53-51(54-50)44-23-12-24-47-48(44)45-33-42(29-30-46(45)55-47)41-21-10-19-39(31-41)35-15-6-2-7-16-35/h1-33H. The molecule has 0 atom stereocenters. The fourth-order valence-corrected chi connectivity index (χ4v) is 8.48. The van der Waals surface area contributed by atoms with Crippen molar-refractivity contribution in [3.8, 4) is 78.7 Å². The fourth-order valence-electron chi connectivity index (χ4n) is 7.37. The van der Waals surface area contributed by atoms with Crippen LogP contribution in [-0.4, -0.2) is 15.0 Å². The van der Waals surface area contributed by atoms with E-state index in [1.165, 1.54) is 48.2 Å². The smallest absolute Gasteiger partial charge is 0.164 e. The lowest BCUT2D eigenvalue weighted by Gasteiger charge is -2.11. The molecule has 2 aromatic heterocycles. The minimum Gasteiger partial charge on any atom is -0.208 e. The van der Waals surface area contributed by atoms with Crippen molar-refractivity contribution < 1.29 is 0 Å². The van der Waals surface area contributed by atoms with Crippen LogP contribution in [-0.2, 0) is 0 Å². The highest BCUT2D eigenvalue weighted by Crippen LogP contribution is 2.42.